The number of halogens is 5. The second kappa shape index (κ2) is 8.66. The Hall–Kier alpha value is -2.21. The standard InChI is InChI=1S/C21H14Cl3F2NO2/c1-10-4-3-5-11(2)18(10)12-6-16(20(25)26)27-17(7-12)21(28)29-19-14(23)8-13(22)9-15(19)24/h3-9,20H,1-2H3. The van der Waals surface area contributed by atoms with Crippen LogP contribution in [0.2, 0.25) is 15.1 Å². The number of aromatic nitrogens is 1. The number of benzene rings is 2. The minimum absolute atomic E-state index is 0.0100. The average molecular weight is 457 g/mol. The van der Waals surface area contributed by atoms with Crippen LogP contribution in [0.15, 0.2) is 42.5 Å². The Bertz CT molecular complexity index is 1060. The lowest BCUT2D eigenvalue weighted by molar-refractivity contribution is 0.0727. The fourth-order valence-corrected chi connectivity index (χ4v) is 3.85. The summed E-state index contributed by atoms with van der Waals surface area (Å²) in [5.74, 6) is -1.09. The number of ether oxygens (including phenoxy) is 1. The van der Waals surface area contributed by atoms with Gasteiger partial charge < -0.3 is 4.74 Å². The van der Waals surface area contributed by atoms with Crippen molar-refractivity contribution in [3.8, 4) is 16.9 Å². The topological polar surface area (TPSA) is 39.2 Å². The molecule has 0 amide bonds. The molecular formula is C21H14Cl3F2NO2. The van der Waals surface area contributed by atoms with Crippen LogP contribution in [0.1, 0.15) is 33.7 Å². The second-order valence-electron chi connectivity index (χ2n) is 6.32. The largest absolute Gasteiger partial charge is 0.419 e. The molecule has 29 heavy (non-hydrogen) atoms. The van der Waals surface area contributed by atoms with E-state index in [1.165, 1.54) is 24.3 Å². The monoisotopic (exact) mass is 455 g/mol. The van der Waals surface area contributed by atoms with Gasteiger partial charge in [0.15, 0.2) is 5.75 Å². The van der Waals surface area contributed by atoms with Gasteiger partial charge >= 0.3 is 5.97 Å². The number of rotatable bonds is 4. The normalized spacial score (nSPS) is 11.0. The molecule has 1 heterocycles. The molecule has 0 saturated heterocycles. The summed E-state index contributed by atoms with van der Waals surface area (Å²) < 4.78 is 32.1. The summed E-state index contributed by atoms with van der Waals surface area (Å²) in [5, 5.41) is 0.279. The van der Waals surface area contributed by atoms with E-state index in [1.54, 1.807) is 0 Å². The van der Waals surface area contributed by atoms with Gasteiger partial charge in [0.2, 0.25) is 0 Å². The number of carbonyl (C=O) groups excluding carboxylic acids is 1. The van der Waals surface area contributed by atoms with E-state index in [0.29, 0.717) is 5.56 Å². The van der Waals surface area contributed by atoms with Crippen LogP contribution in [0.3, 0.4) is 0 Å². The van der Waals surface area contributed by atoms with Crippen LogP contribution in [-0.4, -0.2) is 11.0 Å². The van der Waals surface area contributed by atoms with Crippen molar-refractivity contribution < 1.29 is 18.3 Å². The van der Waals surface area contributed by atoms with E-state index in [0.717, 1.165) is 16.7 Å². The molecular weight excluding hydrogens is 443 g/mol. The Morgan fingerprint density at radius 2 is 1.59 bits per heavy atom. The highest BCUT2D eigenvalue weighted by molar-refractivity contribution is 6.40. The van der Waals surface area contributed by atoms with Crippen molar-refractivity contribution in [2.45, 2.75) is 20.3 Å². The van der Waals surface area contributed by atoms with E-state index in [2.05, 4.69) is 4.98 Å². The first-order valence-electron chi connectivity index (χ1n) is 8.41. The first-order valence-corrected chi connectivity index (χ1v) is 9.54. The van der Waals surface area contributed by atoms with Crippen molar-refractivity contribution in [2.24, 2.45) is 0 Å². The molecule has 0 saturated carbocycles. The molecule has 8 heteroatoms. The quantitative estimate of drug-likeness (QED) is 0.302. The first-order chi connectivity index (χ1) is 13.7. The van der Waals surface area contributed by atoms with E-state index >= 15 is 0 Å². The molecule has 0 unspecified atom stereocenters. The molecule has 3 rings (SSSR count). The number of hydrogen-bond acceptors (Lipinski definition) is 3. The molecule has 0 atom stereocenters. The number of carbonyl (C=O) groups is 1. The van der Waals surface area contributed by atoms with E-state index < -0.39 is 18.1 Å². The summed E-state index contributed by atoms with van der Waals surface area (Å²) in [6.07, 6.45) is -2.87. The van der Waals surface area contributed by atoms with Crippen LogP contribution in [0.4, 0.5) is 8.78 Å². The molecule has 2 aromatic carbocycles. The van der Waals surface area contributed by atoms with Crippen LogP contribution in [0, 0.1) is 13.8 Å². The van der Waals surface area contributed by atoms with E-state index in [1.807, 2.05) is 32.0 Å². The third-order valence-corrected chi connectivity index (χ3v) is 4.99. The summed E-state index contributed by atoms with van der Waals surface area (Å²) in [7, 11) is 0. The number of hydrogen-bond donors (Lipinski definition) is 0. The minimum Gasteiger partial charge on any atom is -0.419 e. The van der Waals surface area contributed by atoms with Crippen LogP contribution in [0.5, 0.6) is 5.75 Å². The number of pyridine rings is 1. The maximum Gasteiger partial charge on any atom is 0.362 e. The van der Waals surface area contributed by atoms with Gasteiger partial charge in [-0.25, -0.2) is 18.6 Å². The molecule has 1 aromatic heterocycles. The van der Waals surface area contributed by atoms with Gasteiger partial charge in [0.1, 0.15) is 11.4 Å². The van der Waals surface area contributed by atoms with Gasteiger partial charge in [-0.05, 0) is 60.4 Å². The molecule has 0 radical (unpaired) electrons. The van der Waals surface area contributed by atoms with Crippen LogP contribution < -0.4 is 4.74 Å². The maximum absolute atomic E-state index is 13.4. The van der Waals surface area contributed by atoms with Gasteiger partial charge in [-0.3, -0.25) is 0 Å². The minimum atomic E-state index is -2.87. The van der Waals surface area contributed by atoms with Crippen LogP contribution in [-0.2, 0) is 0 Å². The molecule has 0 fully saturated rings. The smallest absolute Gasteiger partial charge is 0.362 e. The van der Waals surface area contributed by atoms with Crippen molar-refractivity contribution in [3.63, 3.8) is 0 Å². The zero-order chi connectivity index (χ0) is 21.3. The van der Waals surface area contributed by atoms with Crippen molar-refractivity contribution >= 4 is 40.8 Å². The Labute approximate surface area is 181 Å². The van der Waals surface area contributed by atoms with E-state index in [4.69, 9.17) is 39.5 Å². The molecule has 3 aromatic rings. The van der Waals surface area contributed by atoms with E-state index in [9.17, 15) is 13.6 Å². The van der Waals surface area contributed by atoms with Crippen LogP contribution in [0.25, 0.3) is 11.1 Å². The third-order valence-electron chi connectivity index (χ3n) is 4.21. The second-order valence-corrected chi connectivity index (χ2v) is 7.57. The van der Waals surface area contributed by atoms with Crippen molar-refractivity contribution in [2.75, 3.05) is 0 Å². The summed E-state index contributed by atoms with van der Waals surface area (Å²) >= 11 is 17.9. The Morgan fingerprint density at radius 3 is 2.14 bits per heavy atom. The lowest BCUT2D eigenvalue weighted by atomic mass is 9.95. The molecule has 150 valence electrons. The lowest BCUT2D eigenvalue weighted by Crippen LogP contribution is -2.13. The van der Waals surface area contributed by atoms with Gasteiger partial charge in [0.25, 0.3) is 6.43 Å². The molecule has 0 bridgehead atoms. The van der Waals surface area contributed by atoms with Gasteiger partial charge in [0.05, 0.1) is 10.0 Å². The fourth-order valence-electron chi connectivity index (χ4n) is 2.95. The van der Waals surface area contributed by atoms with Gasteiger partial charge in [-0.15, -0.1) is 0 Å². The highest BCUT2D eigenvalue weighted by Gasteiger charge is 2.21. The zero-order valence-corrected chi connectivity index (χ0v) is 17.5. The molecule has 0 N–H and O–H groups in total. The molecule has 0 aliphatic rings. The van der Waals surface area contributed by atoms with Crippen molar-refractivity contribution in [3.05, 3.63) is 80.0 Å². The summed E-state index contributed by atoms with van der Waals surface area (Å²) in [6.45, 7) is 3.71. The highest BCUT2D eigenvalue weighted by atomic mass is 35.5. The number of alkyl halides is 2. The third kappa shape index (κ3) is 4.69. The predicted octanol–water partition coefficient (Wildman–Crippen LogP) is 7.48. The van der Waals surface area contributed by atoms with Crippen LogP contribution >= 0.6 is 34.8 Å². The molecule has 0 spiro atoms. The Kier molecular flexibility index (Phi) is 6.42. The lowest BCUT2D eigenvalue weighted by Gasteiger charge is -2.13. The highest BCUT2D eigenvalue weighted by Crippen LogP contribution is 2.37. The zero-order valence-electron chi connectivity index (χ0n) is 15.3. The molecule has 3 nitrogen and oxygen atoms in total. The average Bonchev–Trinajstić information content (AvgIpc) is 2.64. The molecule has 0 aliphatic heterocycles. The Balaban J connectivity index is 2.08. The maximum atomic E-state index is 13.4. The summed E-state index contributed by atoms with van der Waals surface area (Å²) in [4.78, 5) is 16.4. The summed E-state index contributed by atoms with van der Waals surface area (Å²) in [5.41, 5.74) is 2.10. The van der Waals surface area contributed by atoms with Crippen molar-refractivity contribution in [1.82, 2.24) is 4.98 Å². The number of nitrogens with zero attached hydrogens (tertiary/aromatic N) is 1. The number of esters is 1. The Morgan fingerprint density at radius 1 is 1.00 bits per heavy atom. The SMILES string of the molecule is Cc1cccc(C)c1-c1cc(C(=O)Oc2c(Cl)cc(Cl)cc2Cl)nc(C(F)F)c1. The van der Waals surface area contributed by atoms with Gasteiger partial charge in [-0.2, -0.15) is 0 Å². The van der Waals surface area contributed by atoms with E-state index in [-0.39, 0.29) is 26.5 Å². The summed E-state index contributed by atoms with van der Waals surface area (Å²) in [6, 6.07) is 10.9. The number of aryl methyl sites for hydroxylation is 2. The fraction of sp³-hybridized carbons (Fsp3) is 0.143. The van der Waals surface area contributed by atoms with Gasteiger partial charge in [-0.1, -0.05) is 53.0 Å². The van der Waals surface area contributed by atoms with Gasteiger partial charge in [0, 0.05) is 5.02 Å². The predicted molar refractivity (Wildman–Crippen MR) is 111 cm³/mol. The van der Waals surface area contributed by atoms with Crippen molar-refractivity contribution in [1.29, 1.82) is 0 Å². The molecule has 0 aliphatic carbocycles. The first kappa shape index (κ1) is 21.5.